The number of hydrogen-bond donors (Lipinski definition) is 0. The highest BCUT2D eigenvalue weighted by Crippen LogP contribution is 2.30. The number of carbonyl (C=O) groups is 1. The minimum absolute atomic E-state index is 0.0916. The second-order valence-corrected chi connectivity index (χ2v) is 10.4. The van der Waals surface area contributed by atoms with Crippen LogP contribution in [-0.2, 0) is 13.0 Å². The molecular weight excluding hydrogens is 470 g/mol. The fraction of sp³-hybridized carbons (Fsp3) is 0.300. The first kappa shape index (κ1) is 23.7. The molecule has 0 spiro atoms. The number of piperidine rings is 1. The van der Waals surface area contributed by atoms with Crippen molar-refractivity contribution in [2.24, 2.45) is 16.8 Å². The van der Waals surface area contributed by atoms with Gasteiger partial charge in [0.25, 0.3) is 0 Å². The summed E-state index contributed by atoms with van der Waals surface area (Å²) in [5.74, 6) is -0.671. The van der Waals surface area contributed by atoms with Crippen LogP contribution in [0.2, 0.25) is 0 Å². The van der Waals surface area contributed by atoms with E-state index in [0.717, 1.165) is 47.6 Å². The standard InChI is InChI=1S/C30H28F2N4O/c1-35-17-19(12-25-26(31)3-2-4-27(25)32)11-20(18-35)13-28(37)21-5-6-23-16-34-30(24(23)14-21)22-7-9-36-10-8-33-29(36)15-22/h2-10,14-15,19-20H,11-13,16-18H2,1H3/t19-,20-/m1/s1. The molecule has 4 aromatic rings. The lowest BCUT2D eigenvalue weighted by atomic mass is 9.82. The number of aromatic nitrogens is 2. The number of imidazole rings is 1. The molecule has 2 aliphatic heterocycles. The first-order chi connectivity index (χ1) is 17.9. The molecule has 188 valence electrons. The zero-order chi connectivity index (χ0) is 25.5. The first-order valence-electron chi connectivity index (χ1n) is 12.7. The molecule has 0 unspecified atom stereocenters. The summed E-state index contributed by atoms with van der Waals surface area (Å²) < 4.78 is 30.4. The molecule has 2 atom stereocenters. The summed E-state index contributed by atoms with van der Waals surface area (Å²) in [4.78, 5) is 24.7. The number of likely N-dealkylation sites (tertiary alicyclic amines) is 1. The van der Waals surface area contributed by atoms with Gasteiger partial charge in [-0.3, -0.25) is 9.79 Å². The van der Waals surface area contributed by atoms with Crippen LogP contribution in [0.25, 0.3) is 5.65 Å². The fourth-order valence-corrected chi connectivity index (χ4v) is 5.93. The highest BCUT2D eigenvalue weighted by atomic mass is 19.1. The molecule has 0 amide bonds. The zero-order valence-corrected chi connectivity index (χ0v) is 20.7. The number of fused-ring (bicyclic) bond motifs is 2. The van der Waals surface area contributed by atoms with Gasteiger partial charge in [-0.05, 0) is 67.6 Å². The van der Waals surface area contributed by atoms with Gasteiger partial charge in [0, 0.05) is 60.4 Å². The number of aliphatic imine (C=N–C) groups is 1. The van der Waals surface area contributed by atoms with Crippen molar-refractivity contribution in [1.82, 2.24) is 14.3 Å². The van der Waals surface area contributed by atoms with E-state index < -0.39 is 11.6 Å². The molecule has 0 saturated carbocycles. The molecule has 0 bridgehead atoms. The number of ketones is 1. The van der Waals surface area contributed by atoms with Crippen molar-refractivity contribution in [3.05, 3.63) is 107 Å². The Kier molecular flexibility index (Phi) is 6.16. The molecule has 0 radical (unpaired) electrons. The van der Waals surface area contributed by atoms with E-state index in [0.29, 0.717) is 24.9 Å². The number of benzene rings is 2. The van der Waals surface area contributed by atoms with Crippen molar-refractivity contribution in [2.75, 3.05) is 20.1 Å². The Balaban J connectivity index is 1.18. The van der Waals surface area contributed by atoms with Crippen molar-refractivity contribution < 1.29 is 13.6 Å². The highest BCUT2D eigenvalue weighted by Gasteiger charge is 2.29. The number of carbonyl (C=O) groups excluding carboxylic acids is 1. The van der Waals surface area contributed by atoms with Crippen LogP contribution < -0.4 is 0 Å². The van der Waals surface area contributed by atoms with Gasteiger partial charge in [0.2, 0.25) is 0 Å². The lowest BCUT2D eigenvalue weighted by molar-refractivity contribution is 0.0892. The van der Waals surface area contributed by atoms with E-state index in [-0.39, 0.29) is 23.2 Å². The Hall–Kier alpha value is -3.71. The van der Waals surface area contributed by atoms with Crippen molar-refractivity contribution >= 4 is 17.1 Å². The Morgan fingerprint density at radius 3 is 2.68 bits per heavy atom. The summed E-state index contributed by atoms with van der Waals surface area (Å²) in [7, 11) is 2.01. The summed E-state index contributed by atoms with van der Waals surface area (Å²) >= 11 is 0. The molecule has 2 aromatic heterocycles. The number of hydrogen-bond acceptors (Lipinski definition) is 4. The van der Waals surface area contributed by atoms with Gasteiger partial charge < -0.3 is 9.30 Å². The number of nitrogens with zero attached hydrogens (tertiary/aromatic N) is 4. The minimum Gasteiger partial charge on any atom is -0.307 e. The van der Waals surface area contributed by atoms with Gasteiger partial charge in [0.1, 0.15) is 17.3 Å². The maximum Gasteiger partial charge on any atom is 0.163 e. The maximum absolute atomic E-state index is 14.2. The van der Waals surface area contributed by atoms with Gasteiger partial charge in [0.15, 0.2) is 5.78 Å². The summed E-state index contributed by atoms with van der Waals surface area (Å²) in [6.45, 7) is 2.16. The maximum atomic E-state index is 14.2. The quantitative estimate of drug-likeness (QED) is 0.337. The average Bonchev–Trinajstić information content (AvgIpc) is 3.52. The van der Waals surface area contributed by atoms with E-state index in [4.69, 9.17) is 4.99 Å². The smallest absolute Gasteiger partial charge is 0.163 e. The van der Waals surface area contributed by atoms with Crippen LogP contribution in [-0.4, -0.2) is 45.9 Å². The van der Waals surface area contributed by atoms with Crippen LogP contribution in [0.5, 0.6) is 0 Å². The largest absolute Gasteiger partial charge is 0.307 e. The Bertz CT molecular complexity index is 1510. The molecule has 5 nitrogen and oxygen atoms in total. The Morgan fingerprint density at radius 2 is 1.84 bits per heavy atom. The first-order valence-corrected chi connectivity index (χ1v) is 12.7. The molecule has 1 fully saturated rings. The van der Waals surface area contributed by atoms with Crippen LogP contribution in [0.4, 0.5) is 8.78 Å². The number of halogens is 2. The van der Waals surface area contributed by atoms with Crippen LogP contribution in [0.1, 0.15) is 45.5 Å². The monoisotopic (exact) mass is 498 g/mol. The molecule has 2 aliphatic rings. The fourth-order valence-electron chi connectivity index (χ4n) is 5.93. The van der Waals surface area contributed by atoms with Gasteiger partial charge in [-0.15, -0.1) is 0 Å². The Labute approximate surface area is 214 Å². The number of Topliss-reactive ketones (excluding diaryl/α,β-unsaturated/α-hetero) is 1. The summed E-state index contributed by atoms with van der Waals surface area (Å²) in [5.41, 5.74) is 5.66. The molecule has 37 heavy (non-hydrogen) atoms. The van der Waals surface area contributed by atoms with E-state index in [9.17, 15) is 13.6 Å². The topological polar surface area (TPSA) is 50.0 Å². The molecular formula is C30H28F2N4O. The summed E-state index contributed by atoms with van der Waals surface area (Å²) in [5, 5.41) is 0. The second kappa shape index (κ2) is 9.63. The summed E-state index contributed by atoms with van der Waals surface area (Å²) in [6, 6.07) is 13.9. The third kappa shape index (κ3) is 4.71. The van der Waals surface area contributed by atoms with Crippen molar-refractivity contribution in [3.63, 3.8) is 0 Å². The molecule has 6 rings (SSSR count). The molecule has 4 heterocycles. The Morgan fingerprint density at radius 1 is 1.03 bits per heavy atom. The SMILES string of the molecule is CN1C[C@@H](CC(=O)c2ccc3c(c2)C(c2ccn4ccnc4c2)=NC3)C[C@H](Cc2c(F)cccc2F)C1. The van der Waals surface area contributed by atoms with E-state index >= 15 is 0 Å². The summed E-state index contributed by atoms with van der Waals surface area (Å²) in [6.07, 6.45) is 7.15. The molecule has 7 heteroatoms. The average molecular weight is 499 g/mol. The van der Waals surface area contributed by atoms with Gasteiger partial charge in [-0.2, -0.15) is 0 Å². The predicted molar refractivity (Wildman–Crippen MR) is 139 cm³/mol. The van der Waals surface area contributed by atoms with Gasteiger partial charge >= 0.3 is 0 Å². The third-order valence-electron chi connectivity index (χ3n) is 7.60. The van der Waals surface area contributed by atoms with E-state index in [2.05, 4.69) is 9.88 Å². The van der Waals surface area contributed by atoms with Crippen LogP contribution >= 0.6 is 0 Å². The number of rotatable bonds is 6. The van der Waals surface area contributed by atoms with Crippen molar-refractivity contribution in [3.8, 4) is 0 Å². The lowest BCUT2D eigenvalue weighted by Gasteiger charge is -2.35. The highest BCUT2D eigenvalue weighted by molar-refractivity contribution is 6.16. The predicted octanol–water partition coefficient (Wildman–Crippen LogP) is 5.35. The molecule has 2 aromatic carbocycles. The van der Waals surface area contributed by atoms with Gasteiger partial charge in [-0.25, -0.2) is 13.8 Å². The third-order valence-corrected chi connectivity index (χ3v) is 7.60. The van der Waals surface area contributed by atoms with E-state index in [1.807, 2.05) is 54.2 Å². The molecule has 1 saturated heterocycles. The number of pyridine rings is 1. The van der Waals surface area contributed by atoms with E-state index in [1.54, 1.807) is 6.20 Å². The van der Waals surface area contributed by atoms with Crippen LogP contribution in [0.15, 0.2) is 72.1 Å². The van der Waals surface area contributed by atoms with Crippen LogP contribution in [0, 0.1) is 23.5 Å². The van der Waals surface area contributed by atoms with Crippen molar-refractivity contribution in [1.29, 1.82) is 0 Å². The van der Waals surface area contributed by atoms with Gasteiger partial charge in [-0.1, -0.05) is 18.2 Å². The normalized spacial score (nSPS) is 19.7. The second-order valence-electron chi connectivity index (χ2n) is 10.4. The van der Waals surface area contributed by atoms with Gasteiger partial charge in [0.05, 0.1) is 12.3 Å². The van der Waals surface area contributed by atoms with E-state index in [1.165, 1.54) is 18.2 Å². The van der Waals surface area contributed by atoms with Crippen LogP contribution in [0.3, 0.4) is 0 Å². The molecule has 0 aliphatic carbocycles. The minimum atomic E-state index is -0.497. The van der Waals surface area contributed by atoms with Crippen molar-refractivity contribution in [2.45, 2.75) is 25.8 Å². The molecule has 0 N–H and O–H groups in total. The zero-order valence-electron chi connectivity index (χ0n) is 20.7. The lowest BCUT2D eigenvalue weighted by Crippen LogP contribution is -2.39.